The number of hydrogen-bond acceptors (Lipinski definition) is 0. The van der Waals surface area contributed by atoms with Crippen molar-refractivity contribution in [2.24, 2.45) is 0 Å². The molecule has 0 saturated heterocycles. The first-order valence-corrected chi connectivity index (χ1v) is 43.6. The summed E-state index contributed by atoms with van der Waals surface area (Å²) in [5.74, 6) is 0. The molecule has 10 aromatic rings. The van der Waals surface area contributed by atoms with Gasteiger partial charge in [-0.2, -0.15) is 0 Å². The summed E-state index contributed by atoms with van der Waals surface area (Å²) in [7, 11) is -8.83. The van der Waals surface area contributed by atoms with Crippen molar-refractivity contribution >= 4 is 118 Å². The first kappa shape index (κ1) is 65.6. The van der Waals surface area contributed by atoms with E-state index < -0.39 is 32.3 Å². The molecule has 462 valence electrons. The third-order valence-electron chi connectivity index (χ3n) is 23.9. The van der Waals surface area contributed by atoms with Gasteiger partial charge in [0.2, 0.25) is 0 Å². The quantitative estimate of drug-likeness (QED) is 0.0559. The van der Waals surface area contributed by atoms with Gasteiger partial charge in [0, 0.05) is 0 Å². The molecular weight excluding hydrogens is 1120 g/mol. The highest BCUT2D eigenvalue weighted by atomic mass is 28.3. The van der Waals surface area contributed by atoms with Crippen LogP contribution in [0.3, 0.4) is 0 Å². The molecule has 0 N–H and O–H groups in total. The van der Waals surface area contributed by atoms with E-state index >= 15 is 0 Å². The van der Waals surface area contributed by atoms with Crippen molar-refractivity contribution in [1.82, 2.24) is 0 Å². The molecule has 0 fully saturated rings. The van der Waals surface area contributed by atoms with Crippen molar-refractivity contribution in [1.29, 1.82) is 0 Å². The lowest BCUT2D eigenvalue weighted by atomic mass is 9.88. The van der Waals surface area contributed by atoms with Gasteiger partial charge >= 0.3 is 0 Å². The molecule has 0 aromatic heterocycles. The minimum atomic E-state index is -2.22. The lowest BCUT2D eigenvalue weighted by molar-refractivity contribution is 0.835. The van der Waals surface area contributed by atoms with Crippen LogP contribution in [0.4, 0.5) is 0 Å². The Kier molecular flexibility index (Phi) is 18.4. The Labute approximate surface area is 537 Å². The van der Waals surface area contributed by atoms with Gasteiger partial charge in [0.1, 0.15) is 0 Å². The Balaban J connectivity index is 1.23. The molecule has 4 heteroatoms. The largest absolute Gasteiger partial charge is 0.0958 e. The van der Waals surface area contributed by atoms with E-state index in [1.165, 1.54) is 98.0 Å². The van der Waals surface area contributed by atoms with Gasteiger partial charge in [-0.1, -0.05) is 287 Å². The predicted molar refractivity (Wildman–Crippen MR) is 411 cm³/mol. The maximum absolute atomic E-state index is 2.70. The lowest BCUT2D eigenvalue weighted by Gasteiger charge is -2.48. The van der Waals surface area contributed by atoms with Crippen LogP contribution in [0.2, 0.25) is 66.5 Å². The molecule has 88 heavy (non-hydrogen) atoms. The molecule has 0 spiro atoms. The zero-order valence-corrected chi connectivity index (χ0v) is 62.9. The Morgan fingerprint density at radius 3 is 0.591 bits per heavy atom. The summed E-state index contributed by atoms with van der Waals surface area (Å²) in [5.41, 5.74) is 14.6. The van der Waals surface area contributed by atoms with Gasteiger partial charge in [-0.05, 0) is 222 Å². The minimum absolute atomic E-state index is 0.570. The smallest absolute Gasteiger partial charge is 0.0648 e. The van der Waals surface area contributed by atoms with Crippen LogP contribution in [0.15, 0.2) is 158 Å². The van der Waals surface area contributed by atoms with Gasteiger partial charge in [-0.15, -0.1) is 0 Å². The first-order chi connectivity index (χ1) is 41.6. The maximum atomic E-state index is 2.70. The highest BCUT2D eigenvalue weighted by molar-refractivity contribution is 7.02. The summed E-state index contributed by atoms with van der Waals surface area (Å²) in [4.78, 5) is 0. The third kappa shape index (κ3) is 9.78. The molecule has 0 aliphatic heterocycles. The molecule has 0 unspecified atom stereocenters. The zero-order chi connectivity index (χ0) is 64.0. The van der Waals surface area contributed by atoms with E-state index in [4.69, 9.17) is 0 Å². The number of hydrogen-bond donors (Lipinski definition) is 0. The van der Waals surface area contributed by atoms with Gasteiger partial charge in [0.25, 0.3) is 0 Å². The molecule has 0 heterocycles. The maximum Gasteiger partial charge on any atom is 0.0958 e. The average molecular weight is 1230 g/mol. The lowest BCUT2D eigenvalue weighted by Crippen LogP contribution is -2.59. The van der Waals surface area contributed by atoms with Crippen molar-refractivity contribution in [3.05, 3.63) is 158 Å². The van der Waals surface area contributed by atoms with E-state index in [0.29, 0.717) is 66.5 Å². The van der Waals surface area contributed by atoms with Crippen LogP contribution in [0.1, 0.15) is 166 Å². The van der Waals surface area contributed by atoms with Crippen LogP contribution >= 0.6 is 0 Å². The molecule has 0 bridgehead atoms. The second kappa shape index (κ2) is 24.7. The Morgan fingerprint density at radius 2 is 0.375 bits per heavy atom. The zero-order valence-electron chi connectivity index (χ0n) is 58.9. The number of benzene rings is 10. The van der Waals surface area contributed by atoms with Crippen molar-refractivity contribution in [2.45, 2.75) is 233 Å². The number of rotatable bonds is 19. The summed E-state index contributed by atoms with van der Waals surface area (Å²) >= 11 is 0. The second-order valence-corrected chi connectivity index (χ2v) is 54.5. The molecule has 10 aromatic carbocycles. The van der Waals surface area contributed by atoms with Gasteiger partial charge in [-0.25, -0.2) is 0 Å². The van der Waals surface area contributed by atoms with Gasteiger partial charge < -0.3 is 0 Å². The predicted octanol–water partition coefficient (Wildman–Crippen LogP) is 25.2. The normalized spacial score (nSPS) is 13.5. The average Bonchev–Trinajstić information content (AvgIpc) is 0.773. The van der Waals surface area contributed by atoms with Crippen molar-refractivity contribution < 1.29 is 0 Å². The van der Waals surface area contributed by atoms with Crippen molar-refractivity contribution in [3.63, 3.8) is 0 Å². The van der Waals surface area contributed by atoms with Crippen LogP contribution in [0, 0.1) is 0 Å². The topological polar surface area (TPSA) is 0 Å². The van der Waals surface area contributed by atoms with E-state index in [1.807, 2.05) is 0 Å². The van der Waals surface area contributed by atoms with E-state index in [1.54, 1.807) is 20.7 Å². The molecule has 10 rings (SSSR count). The van der Waals surface area contributed by atoms with Crippen LogP contribution in [0.25, 0.3) is 98.0 Å². The molecule has 0 nitrogen and oxygen atoms in total. The summed E-state index contributed by atoms with van der Waals surface area (Å²) in [6, 6.07) is 63.8. The molecule has 0 aliphatic carbocycles. The molecule has 0 amide bonds. The van der Waals surface area contributed by atoms with Crippen LogP contribution < -0.4 is 20.7 Å². The molecule has 0 radical (unpaired) electrons. The summed E-state index contributed by atoms with van der Waals surface area (Å²) in [6.45, 7) is 61.5. The summed E-state index contributed by atoms with van der Waals surface area (Å²) < 4.78 is 0. The van der Waals surface area contributed by atoms with Gasteiger partial charge in [-0.3, -0.25) is 0 Å². The molecule has 0 aliphatic rings. The minimum Gasteiger partial charge on any atom is -0.0648 e. The van der Waals surface area contributed by atoms with Gasteiger partial charge in [0.15, 0.2) is 0 Å². The highest BCUT2D eigenvalue weighted by Crippen LogP contribution is 2.51. The standard InChI is InChI=1S/C84H110Si4/c1-51(2)85(52(3)4,53(5)6)81-73-37-29-31-39-75(73)83(87(57(13)14,58(15)16)59(17)18)79-49-67-45-65(43-41-63(67)47-77(79)81)69-33-25-27-35-71(69)72-36-28-26-34-70(72)66-44-42-64-48-78-80(50-68(64)46-66)84(88(60(19)20,61(21)22)62(23)24)76-40-32-30-38-74(76)82(78)86(54(7)8,55(9)10)56(11)12/h25-62H,1-24H3. The first-order valence-electron chi connectivity index (χ1n) is 34.7. The van der Waals surface area contributed by atoms with Gasteiger partial charge in [0.05, 0.1) is 32.3 Å². The summed E-state index contributed by atoms with van der Waals surface area (Å²) in [5, 5.41) is 24.5. The van der Waals surface area contributed by atoms with E-state index in [-0.39, 0.29) is 0 Å². The van der Waals surface area contributed by atoms with E-state index in [2.05, 4.69) is 324 Å². The number of fused-ring (bicyclic) bond motifs is 6. The SMILES string of the molecule is CC(C)[Si](c1c2ccccc2c([Si](C(C)C)(C(C)C)C(C)C)c2cc3cc(-c4ccccc4-c4ccccc4-c4ccc5cc6c([Si](C(C)C)(C(C)C)C(C)C)c7ccccc7c([Si](C(C)C)(C(C)C)C(C)C)c6cc5c4)ccc3cc12)(C(C)C)C(C)C. The fraction of sp³-hybridized carbons (Fsp3) is 0.429. The summed E-state index contributed by atoms with van der Waals surface area (Å²) in [6.07, 6.45) is 0. The van der Waals surface area contributed by atoms with Crippen molar-refractivity contribution in [3.8, 4) is 33.4 Å². The molecule has 0 atom stereocenters. The third-order valence-corrected chi connectivity index (χ3v) is 52.5. The van der Waals surface area contributed by atoms with E-state index in [9.17, 15) is 0 Å². The second-order valence-electron chi connectivity index (χ2n) is 31.2. The highest BCUT2D eigenvalue weighted by Gasteiger charge is 2.52. The molecular formula is C84H110Si4. The molecule has 0 saturated carbocycles. The van der Waals surface area contributed by atoms with Crippen LogP contribution in [0.5, 0.6) is 0 Å². The Morgan fingerprint density at radius 1 is 0.182 bits per heavy atom. The van der Waals surface area contributed by atoms with Crippen LogP contribution in [-0.4, -0.2) is 32.3 Å². The Bertz CT molecular complexity index is 3860. The monoisotopic (exact) mass is 1230 g/mol. The Hall–Kier alpha value is -5.37. The fourth-order valence-corrected chi connectivity index (χ4v) is 49.8. The fourth-order valence-electron chi connectivity index (χ4n) is 21.4. The van der Waals surface area contributed by atoms with Crippen molar-refractivity contribution in [2.75, 3.05) is 0 Å². The van der Waals surface area contributed by atoms with E-state index in [0.717, 1.165) is 0 Å². The van der Waals surface area contributed by atoms with Crippen LogP contribution in [-0.2, 0) is 0 Å².